The summed E-state index contributed by atoms with van der Waals surface area (Å²) in [5.41, 5.74) is 2.21. The van der Waals surface area contributed by atoms with Gasteiger partial charge in [0.2, 0.25) is 0 Å². The van der Waals surface area contributed by atoms with Crippen LogP contribution in [-0.2, 0) is 11.3 Å². The van der Waals surface area contributed by atoms with Crippen molar-refractivity contribution >= 4 is 11.6 Å². The molecule has 6 nitrogen and oxygen atoms in total. The van der Waals surface area contributed by atoms with Gasteiger partial charge in [-0.05, 0) is 42.0 Å². The van der Waals surface area contributed by atoms with E-state index < -0.39 is 0 Å². The second-order valence-electron chi connectivity index (χ2n) is 5.18. The standard InChI is InChI=1S/C18H16ClN3O3/c1-24-11-25-14-5-3-13(4-6-14)17-20-10-21-18(22-17)15-8-12(9-23)2-7-16(15)19/h2-8,10,23H,9,11H2,1H3. The van der Waals surface area contributed by atoms with Gasteiger partial charge in [-0.3, -0.25) is 0 Å². The lowest BCUT2D eigenvalue weighted by Gasteiger charge is -2.08. The van der Waals surface area contributed by atoms with Crippen molar-refractivity contribution in [1.82, 2.24) is 15.0 Å². The summed E-state index contributed by atoms with van der Waals surface area (Å²) in [7, 11) is 1.57. The monoisotopic (exact) mass is 357 g/mol. The van der Waals surface area contributed by atoms with Gasteiger partial charge in [-0.2, -0.15) is 0 Å². The minimum absolute atomic E-state index is 0.0783. The van der Waals surface area contributed by atoms with Crippen molar-refractivity contribution in [3.8, 4) is 28.5 Å². The van der Waals surface area contributed by atoms with Gasteiger partial charge in [0.25, 0.3) is 0 Å². The van der Waals surface area contributed by atoms with E-state index in [1.165, 1.54) is 6.33 Å². The van der Waals surface area contributed by atoms with Gasteiger partial charge < -0.3 is 14.6 Å². The van der Waals surface area contributed by atoms with Gasteiger partial charge in [0.15, 0.2) is 18.4 Å². The molecule has 0 bridgehead atoms. The number of methoxy groups -OCH3 is 1. The van der Waals surface area contributed by atoms with Gasteiger partial charge in [-0.15, -0.1) is 0 Å². The Morgan fingerprint density at radius 2 is 1.80 bits per heavy atom. The quantitative estimate of drug-likeness (QED) is 0.682. The second-order valence-corrected chi connectivity index (χ2v) is 5.59. The van der Waals surface area contributed by atoms with Crippen molar-refractivity contribution in [3.05, 3.63) is 59.4 Å². The van der Waals surface area contributed by atoms with Crippen LogP contribution in [0.1, 0.15) is 5.56 Å². The Kier molecular flexibility index (Phi) is 5.55. The molecule has 0 aliphatic heterocycles. The van der Waals surface area contributed by atoms with Crippen LogP contribution in [0.3, 0.4) is 0 Å². The van der Waals surface area contributed by atoms with Crippen LogP contribution >= 0.6 is 11.6 Å². The molecule has 0 saturated heterocycles. The van der Waals surface area contributed by atoms with Crippen molar-refractivity contribution in [2.24, 2.45) is 0 Å². The van der Waals surface area contributed by atoms with Crippen LogP contribution in [0.2, 0.25) is 5.02 Å². The SMILES string of the molecule is COCOc1ccc(-c2ncnc(-c3cc(CO)ccc3Cl)n2)cc1. The molecule has 1 aromatic heterocycles. The molecule has 0 amide bonds. The Hall–Kier alpha value is -2.54. The van der Waals surface area contributed by atoms with Crippen LogP contribution in [-0.4, -0.2) is 34.0 Å². The number of ether oxygens (including phenoxy) is 2. The molecule has 128 valence electrons. The van der Waals surface area contributed by atoms with E-state index in [4.69, 9.17) is 21.1 Å². The number of aliphatic hydroxyl groups is 1. The van der Waals surface area contributed by atoms with Gasteiger partial charge in [-0.25, -0.2) is 15.0 Å². The third-order valence-electron chi connectivity index (χ3n) is 3.48. The third-order valence-corrected chi connectivity index (χ3v) is 3.81. The first-order valence-electron chi connectivity index (χ1n) is 7.52. The van der Waals surface area contributed by atoms with E-state index in [0.717, 1.165) is 11.1 Å². The first-order chi connectivity index (χ1) is 12.2. The molecule has 1 heterocycles. The van der Waals surface area contributed by atoms with Gasteiger partial charge >= 0.3 is 0 Å². The smallest absolute Gasteiger partial charge is 0.188 e. The second kappa shape index (κ2) is 8.02. The van der Waals surface area contributed by atoms with Crippen molar-refractivity contribution < 1.29 is 14.6 Å². The molecular weight excluding hydrogens is 342 g/mol. The first-order valence-corrected chi connectivity index (χ1v) is 7.90. The van der Waals surface area contributed by atoms with Crippen LogP contribution in [0, 0.1) is 0 Å². The van der Waals surface area contributed by atoms with Crippen molar-refractivity contribution in [2.75, 3.05) is 13.9 Å². The van der Waals surface area contributed by atoms with Gasteiger partial charge in [0.05, 0.1) is 11.6 Å². The summed E-state index contributed by atoms with van der Waals surface area (Å²) >= 11 is 6.24. The summed E-state index contributed by atoms with van der Waals surface area (Å²) in [4.78, 5) is 12.9. The molecule has 1 N–H and O–H groups in total. The van der Waals surface area contributed by atoms with Gasteiger partial charge in [0.1, 0.15) is 12.1 Å². The average molecular weight is 358 g/mol. The van der Waals surface area contributed by atoms with E-state index in [-0.39, 0.29) is 13.4 Å². The number of rotatable bonds is 6. The highest BCUT2D eigenvalue weighted by Crippen LogP contribution is 2.27. The fourth-order valence-corrected chi connectivity index (χ4v) is 2.44. The minimum Gasteiger partial charge on any atom is -0.468 e. The Morgan fingerprint density at radius 1 is 1.04 bits per heavy atom. The fourth-order valence-electron chi connectivity index (χ4n) is 2.23. The summed E-state index contributed by atoms with van der Waals surface area (Å²) in [6.45, 7) is 0.111. The summed E-state index contributed by atoms with van der Waals surface area (Å²) in [6.07, 6.45) is 1.44. The van der Waals surface area contributed by atoms with E-state index in [0.29, 0.717) is 28.0 Å². The molecule has 0 spiro atoms. The van der Waals surface area contributed by atoms with E-state index in [9.17, 15) is 5.11 Å². The number of benzene rings is 2. The van der Waals surface area contributed by atoms with Crippen LogP contribution in [0.25, 0.3) is 22.8 Å². The minimum atomic E-state index is -0.0783. The number of hydrogen-bond donors (Lipinski definition) is 1. The number of aliphatic hydroxyl groups excluding tert-OH is 1. The normalized spacial score (nSPS) is 10.7. The van der Waals surface area contributed by atoms with E-state index >= 15 is 0 Å². The van der Waals surface area contributed by atoms with Crippen molar-refractivity contribution in [2.45, 2.75) is 6.61 Å². The number of hydrogen-bond acceptors (Lipinski definition) is 6. The summed E-state index contributed by atoms with van der Waals surface area (Å²) in [5, 5.41) is 9.81. The molecular formula is C18H16ClN3O3. The van der Waals surface area contributed by atoms with Gasteiger partial charge in [0, 0.05) is 18.2 Å². The fraction of sp³-hybridized carbons (Fsp3) is 0.167. The van der Waals surface area contributed by atoms with Crippen molar-refractivity contribution in [1.29, 1.82) is 0 Å². The van der Waals surface area contributed by atoms with Crippen LogP contribution in [0.15, 0.2) is 48.8 Å². The Morgan fingerprint density at radius 3 is 2.52 bits per heavy atom. The number of aromatic nitrogens is 3. The van der Waals surface area contributed by atoms with Crippen molar-refractivity contribution in [3.63, 3.8) is 0 Å². The zero-order valence-electron chi connectivity index (χ0n) is 13.5. The zero-order chi connectivity index (χ0) is 17.6. The lowest BCUT2D eigenvalue weighted by Crippen LogP contribution is -1.99. The largest absolute Gasteiger partial charge is 0.468 e. The molecule has 2 aromatic carbocycles. The predicted molar refractivity (Wildman–Crippen MR) is 94.1 cm³/mol. The molecule has 0 saturated carbocycles. The lowest BCUT2D eigenvalue weighted by atomic mass is 10.1. The third kappa shape index (κ3) is 4.11. The molecule has 3 rings (SSSR count). The number of halogens is 1. The molecule has 25 heavy (non-hydrogen) atoms. The maximum absolute atomic E-state index is 9.30. The lowest BCUT2D eigenvalue weighted by molar-refractivity contribution is 0.0511. The molecule has 0 aliphatic rings. The maximum Gasteiger partial charge on any atom is 0.188 e. The van der Waals surface area contributed by atoms with Crippen LogP contribution in [0.5, 0.6) is 5.75 Å². The zero-order valence-corrected chi connectivity index (χ0v) is 14.3. The van der Waals surface area contributed by atoms with E-state index in [2.05, 4.69) is 15.0 Å². The Balaban J connectivity index is 1.91. The highest BCUT2D eigenvalue weighted by Gasteiger charge is 2.10. The molecule has 0 atom stereocenters. The summed E-state index contributed by atoms with van der Waals surface area (Å²) in [6, 6.07) is 12.6. The molecule has 7 heteroatoms. The maximum atomic E-state index is 9.30. The predicted octanol–water partition coefficient (Wildman–Crippen LogP) is 3.33. The van der Waals surface area contributed by atoms with Crippen LogP contribution < -0.4 is 4.74 Å². The summed E-state index contributed by atoms with van der Waals surface area (Å²) in [5.74, 6) is 1.66. The Labute approximate surface area is 150 Å². The Bertz CT molecular complexity index is 856. The molecule has 0 unspecified atom stereocenters. The highest BCUT2D eigenvalue weighted by molar-refractivity contribution is 6.33. The molecule has 0 fully saturated rings. The molecule has 0 aliphatic carbocycles. The molecule has 0 radical (unpaired) electrons. The topological polar surface area (TPSA) is 77.4 Å². The van der Waals surface area contributed by atoms with Gasteiger partial charge in [-0.1, -0.05) is 17.7 Å². The van der Waals surface area contributed by atoms with E-state index in [1.807, 2.05) is 24.3 Å². The first kappa shape index (κ1) is 17.3. The summed E-state index contributed by atoms with van der Waals surface area (Å²) < 4.78 is 10.2. The van der Waals surface area contributed by atoms with E-state index in [1.54, 1.807) is 25.3 Å². The average Bonchev–Trinajstić information content (AvgIpc) is 2.67. The van der Waals surface area contributed by atoms with Crippen LogP contribution in [0.4, 0.5) is 0 Å². The molecule has 3 aromatic rings. The number of nitrogens with zero attached hydrogens (tertiary/aromatic N) is 3. The highest BCUT2D eigenvalue weighted by atomic mass is 35.5.